The third kappa shape index (κ3) is 6.02. The molecular weight excluding hydrogens is 533 g/mol. The Labute approximate surface area is 231 Å². The average molecular weight is 569 g/mol. The van der Waals surface area contributed by atoms with Crippen molar-refractivity contribution in [3.63, 3.8) is 0 Å². The van der Waals surface area contributed by atoms with Gasteiger partial charge in [0, 0.05) is 29.1 Å². The number of aromatic amines is 1. The Balaban J connectivity index is 2.12. The quantitative estimate of drug-likeness (QED) is 0.302. The average Bonchev–Trinajstić information content (AvgIpc) is 3.22. The molecule has 0 spiro atoms. The molecule has 1 heterocycles. The molecule has 4 atom stereocenters. The van der Waals surface area contributed by atoms with Crippen LogP contribution >= 0.6 is 23.2 Å². The zero-order valence-electron chi connectivity index (χ0n) is 22.0. The van der Waals surface area contributed by atoms with E-state index in [1.165, 1.54) is 0 Å². The van der Waals surface area contributed by atoms with E-state index in [9.17, 15) is 24.3 Å². The number of H-pyrrole nitrogens is 1. The predicted molar refractivity (Wildman–Crippen MR) is 146 cm³/mol. The molecule has 1 aliphatic carbocycles. The van der Waals surface area contributed by atoms with E-state index in [2.05, 4.69) is 15.6 Å². The number of nitrogens with one attached hydrogen (secondary N) is 3. The van der Waals surface area contributed by atoms with E-state index in [0.29, 0.717) is 40.2 Å². The number of hydrogen-bond donors (Lipinski definition) is 5. The van der Waals surface area contributed by atoms with Crippen LogP contribution in [0.1, 0.15) is 58.2 Å². The third-order valence-corrected chi connectivity index (χ3v) is 8.07. The first kappa shape index (κ1) is 29.6. The van der Waals surface area contributed by atoms with Gasteiger partial charge < -0.3 is 26.5 Å². The highest BCUT2D eigenvalue weighted by Gasteiger charge is 2.48. The van der Waals surface area contributed by atoms with Crippen molar-refractivity contribution in [3.05, 3.63) is 33.4 Å². The molecule has 1 aromatic heterocycles. The van der Waals surface area contributed by atoms with Gasteiger partial charge in [-0.05, 0) is 42.4 Å². The van der Waals surface area contributed by atoms with Gasteiger partial charge in [-0.15, -0.1) is 0 Å². The minimum absolute atomic E-state index is 0.0226. The number of primary amides is 1. The fourth-order valence-corrected chi connectivity index (χ4v) is 5.48. The number of imide groups is 1. The number of carbonyl (C=O) groups is 4. The lowest BCUT2D eigenvalue weighted by Crippen LogP contribution is -2.66. The van der Waals surface area contributed by atoms with E-state index in [4.69, 9.17) is 28.9 Å². The Morgan fingerprint density at radius 3 is 2.45 bits per heavy atom. The molecule has 0 radical (unpaired) electrons. The van der Waals surface area contributed by atoms with Gasteiger partial charge in [-0.1, -0.05) is 63.7 Å². The van der Waals surface area contributed by atoms with Crippen molar-refractivity contribution in [2.45, 2.75) is 71.4 Å². The number of amides is 5. The van der Waals surface area contributed by atoms with Crippen molar-refractivity contribution >= 4 is 58.0 Å². The van der Waals surface area contributed by atoms with Gasteiger partial charge in [-0.3, -0.25) is 14.5 Å². The van der Waals surface area contributed by atoms with Crippen LogP contribution in [0.25, 0.3) is 10.9 Å². The summed E-state index contributed by atoms with van der Waals surface area (Å²) < 4.78 is 0. The van der Waals surface area contributed by atoms with Crippen molar-refractivity contribution < 1.29 is 24.3 Å². The van der Waals surface area contributed by atoms with Crippen LogP contribution in [0.2, 0.25) is 10.0 Å². The molecule has 0 bridgehead atoms. The Morgan fingerprint density at radius 2 is 1.87 bits per heavy atom. The van der Waals surface area contributed by atoms with Gasteiger partial charge >= 0.3 is 12.1 Å². The fourth-order valence-electron chi connectivity index (χ4n) is 4.93. The van der Waals surface area contributed by atoms with Crippen LogP contribution in [0.5, 0.6) is 0 Å². The molecule has 0 saturated carbocycles. The third-order valence-electron chi connectivity index (χ3n) is 7.55. The number of nitrogens with two attached hydrogens (primary N) is 1. The molecule has 2 aromatic rings. The van der Waals surface area contributed by atoms with E-state index >= 15 is 0 Å². The SMILES string of the molecule is CCC(C)[C@H](NC(=O)O)C(=O)N[C@]1(C(=O)N(C[C@@H](C)CC)C(N)=O)CCc2[nH]c3c(Cl)cc(Cl)cc3c2C1. The Morgan fingerprint density at radius 1 is 1.18 bits per heavy atom. The van der Waals surface area contributed by atoms with Crippen LogP contribution in [0.4, 0.5) is 9.59 Å². The van der Waals surface area contributed by atoms with Gasteiger partial charge in [0.15, 0.2) is 0 Å². The maximum Gasteiger partial charge on any atom is 0.405 e. The number of hydrogen-bond acceptors (Lipinski definition) is 4. The topological polar surface area (TPSA) is 158 Å². The maximum atomic E-state index is 14.1. The Hall–Kier alpha value is -2.98. The number of benzene rings is 1. The highest BCUT2D eigenvalue weighted by molar-refractivity contribution is 6.38. The molecule has 3 rings (SSSR count). The Bertz CT molecular complexity index is 1250. The first-order chi connectivity index (χ1) is 17.8. The normalized spacial score (nSPS) is 19.2. The summed E-state index contributed by atoms with van der Waals surface area (Å²) in [6, 6.07) is 1.33. The molecule has 12 heteroatoms. The molecule has 1 aromatic carbocycles. The minimum Gasteiger partial charge on any atom is -0.465 e. The molecule has 10 nitrogen and oxygen atoms in total. The molecule has 1 aliphatic rings. The molecule has 38 heavy (non-hydrogen) atoms. The van der Waals surface area contributed by atoms with Crippen molar-refractivity contribution in [3.8, 4) is 0 Å². The molecule has 0 fully saturated rings. The van der Waals surface area contributed by atoms with Crippen molar-refractivity contribution in [2.75, 3.05) is 6.54 Å². The smallest absolute Gasteiger partial charge is 0.405 e. The number of urea groups is 1. The molecule has 1 unspecified atom stereocenters. The summed E-state index contributed by atoms with van der Waals surface area (Å²) in [7, 11) is 0. The number of rotatable bonds is 9. The van der Waals surface area contributed by atoms with Crippen LogP contribution in [-0.4, -0.2) is 57.1 Å². The van der Waals surface area contributed by atoms with Crippen LogP contribution in [0, 0.1) is 11.8 Å². The lowest BCUT2D eigenvalue weighted by atomic mass is 9.78. The summed E-state index contributed by atoms with van der Waals surface area (Å²) in [5, 5.41) is 16.0. The summed E-state index contributed by atoms with van der Waals surface area (Å²) in [6.07, 6.45) is 0.429. The second-order valence-electron chi connectivity index (χ2n) is 10.2. The first-order valence-electron chi connectivity index (χ1n) is 12.7. The zero-order valence-corrected chi connectivity index (χ0v) is 23.5. The van der Waals surface area contributed by atoms with Crippen molar-refractivity contribution in [1.82, 2.24) is 20.5 Å². The first-order valence-corrected chi connectivity index (χ1v) is 13.5. The van der Waals surface area contributed by atoms with Crippen molar-refractivity contribution in [1.29, 1.82) is 0 Å². The summed E-state index contributed by atoms with van der Waals surface area (Å²) in [4.78, 5) is 56.0. The second-order valence-corrected chi connectivity index (χ2v) is 11.1. The van der Waals surface area contributed by atoms with Crippen LogP contribution in [0.15, 0.2) is 12.1 Å². The molecular formula is C26H35Cl2N5O5. The number of nitrogens with zero attached hydrogens (tertiary/aromatic N) is 1. The van der Waals surface area contributed by atoms with E-state index in [1.807, 2.05) is 20.8 Å². The molecule has 0 aliphatic heterocycles. The number of fused-ring (bicyclic) bond motifs is 3. The molecule has 5 amide bonds. The van der Waals surface area contributed by atoms with Gasteiger partial charge in [0.2, 0.25) is 5.91 Å². The summed E-state index contributed by atoms with van der Waals surface area (Å²) in [6.45, 7) is 7.50. The van der Waals surface area contributed by atoms with E-state index in [-0.39, 0.29) is 31.2 Å². The largest absolute Gasteiger partial charge is 0.465 e. The van der Waals surface area contributed by atoms with Gasteiger partial charge in [0.05, 0.1) is 10.5 Å². The highest BCUT2D eigenvalue weighted by Crippen LogP contribution is 2.39. The van der Waals surface area contributed by atoms with Gasteiger partial charge in [-0.25, -0.2) is 9.59 Å². The lowest BCUT2D eigenvalue weighted by Gasteiger charge is -2.41. The molecule has 6 N–H and O–H groups in total. The maximum absolute atomic E-state index is 14.1. The lowest BCUT2D eigenvalue weighted by molar-refractivity contribution is -0.141. The van der Waals surface area contributed by atoms with E-state index in [0.717, 1.165) is 16.2 Å². The molecule has 208 valence electrons. The number of aryl methyl sites for hydroxylation is 1. The van der Waals surface area contributed by atoms with Gasteiger partial charge in [-0.2, -0.15) is 0 Å². The predicted octanol–water partition coefficient (Wildman–Crippen LogP) is 4.45. The van der Waals surface area contributed by atoms with Crippen molar-refractivity contribution in [2.24, 2.45) is 17.6 Å². The molecule has 0 saturated heterocycles. The fraction of sp³-hybridized carbons (Fsp3) is 0.538. The summed E-state index contributed by atoms with van der Waals surface area (Å²) >= 11 is 12.7. The second kappa shape index (κ2) is 11.8. The van der Waals surface area contributed by atoms with Crippen LogP contribution < -0.4 is 16.4 Å². The highest BCUT2D eigenvalue weighted by atomic mass is 35.5. The van der Waals surface area contributed by atoms with Gasteiger partial charge in [0.1, 0.15) is 11.6 Å². The number of halogens is 2. The standard InChI is InChI=1S/C26H35Cl2N5O5/c1-5-13(3)12-33(24(29)36)23(35)26(32-22(34)20(14(4)6-2)31-25(37)38)8-7-19-17(11-26)16-9-15(27)10-18(28)21(16)30-19/h9-10,13-14,20,30-31H,5-8,11-12H2,1-4H3,(H2,29,36)(H,32,34)(H,37,38)/t13-,14?,20-,26+/m0/s1. The zero-order chi connectivity index (χ0) is 28.4. The number of carbonyl (C=O) groups excluding carboxylic acids is 3. The van der Waals surface area contributed by atoms with E-state index < -0.39 is 35.5 Å². The van der Waals surface area contributed by atoms with Gasteiger partial charge in [0.25, 0.3) is 5.91 Å². The number of aromatic nitrogens is 1. The summed E-state index contributed by atoms with van der Waals surface area (Å²) in [5.74, 6) is -1.66. The number of carboxylic acid groups (broad SMARTS) is 1. The van der Waals surface area contributed by atoms with Crippen LogP contribution in [0.3, 0.4) is 0 Å². The van der Waals surface area contributed by atoms with Crippen LogP contribution in [-0.2, 0) is 22.4 Å². The minimum atomic E-state index is -1.55. The summed E-state index contributed by atoms with van der Waals surface area (Å²) in [5.41, 5.74) is 6.35. The monoisotopic (exact) mass is 567 g/mol. The Kier molecular flexibility index (Phi) is 9.20. The van der Waals surface area contributed by atoms with E-state index in [1.54, 1.807) is 19.1 Å².